The van der Waals surface area contributed by atoms with Crippen molar-refractivity contribution >= 4 is 29.9 Å². The number of alkyl halides is 3. The molecule has 0 fully saturated rings. The Morgan fingerprint density at radius 1 is 1.21 bits per heavy atom. The topological polar surface area (TPSA) is 58.5 Å². The highest BCUT2D eigenvalue weighted by Crippen LogP contribution is 2.24. The van der Waals surface area contributed by atoms with E-state index in [1.807, 2.05) is 31.3 Å². The van der Waals surface area contributed by atoms with Crippen LogP contribution in [-0.2, 0) is 13.0 Å². The summed E-state index contributed by atoms with van der Waals surface area (Å²) in [6, 6.07) is 9.04. The van der Waals surface area contributed by atoms with Crippen molar-refractivity contribution in [1.29, 1.82) is 0 Å². The van der Waals surface area contributed by atoms with Gasteiger partial charge in [-0.2, -0.15) is 13.2 Å². The van der Waals surface area contributed by atoms with E-state index in [0.29, 0.717) is 24.6 Å². The number of aryl methyl sites for hydroxylation is 1. The fourth-order valence-electron chi connectivity index (χ4n) is 2.46. The summed E-state index contributed by atoms with van der Waals surface area (Å²) in [4.78, 5) is 8.55. The maximum Gasteiger partial charge on any atom is 0.422 e. The molecule has 0 saturated heterocycles. The standard InChI is InChI=1S/C20H25F3N4O.HI/c1-3-25-19(26-10-8-16-5-4-9-24-12-16)27-13-17-7-6-15(2)11-18(17)28-14-20(21,22)23;/h4-7,9,11-12H,3,8,10,13-14H2,1-2H3,(H2,25,26,27);1H. The number of halogens is 4. The first kappa shape index (κ1) is 25.0. The molecule has 0 spiro atoms. The number of pyridine rings is 1. The Kier molecular flexibility index (Phi) is 10.8. The van der Waals surface area contributed by atoms with Gasteiger partial charge in [0.1, 0.15) is 5.75 Å². The predicted octanol–water partition coefficient (Wildman–Crippen LogP) is 4.25. The van der Waals surface area contributed by atoms with Gasteiger partial charge in [-0.05, 0) is 43.5 Å². The van der Waals surface area contributed by atoms with Gasteiger partial charge in [-0.3, -0.25) is 4.98 Å². The number of rotatable bonds is 8. The van der Waals surface area contributed by atoms with Crippen molar-refractivity contribution in [2.75, 3.05) is 19.7 Å². The Hall–Kier alpha value is -2.04. The van der Waals surface area contributed by atoms with Crippen molar-refractivity contribution in [3.8, 4) is 5.75 Å². The van der Waals surface area contributed by atoms with Crippen LogP contribution in [0.5, 0.6) is 5.75 Å². The van der Waals surface area contributed by atoms with Crippen LogP contribution in [0.1, 0.15) is 23.6 Å². The molecule has 0 saturated carbocycles. The molecule has 0 aliphatic rings. The fourth-order valence-corrected chi connectivity index (χ4v) is 2.46. The van der Waals surface area contributed by atoms with Crippen LogP contribution in [0.3, 0.4) is 0 Å². The van der Waals surface area contributed by atoms with Gasteiger partial charge in [-0.15, -0.1) is 24.0 Å². The lowest BCUT2D eigenvalue weighted by atomic mass is 10.1. The molecule has 0 aliphatic heterocycles. The second kappa shape index (κ2) is 12.5. The summed E-state index contributed by atoms with van der Waals surface area (Å²) in [5.74, 6) is 0.793. The zero-order valence-corrected chi connectivity index (χ0v) is 18.8. The summed E-state index contributed by atoms with van der Waals surface area (Å²) in [6.07, 6.45) is -0.0689. The number of hydrogen-bond acceptors (Lipinski definition) is 3. The summed E-state index contributed by atoms with van der Waals surface area (Å²) >= 11 is 0. The molecule has 1 aromatic heterocycles. The zero-order valence-electron chi connectivity index (χ0n) is 16.4. The first-order chi connectivity index (χ1) is 13.4. The molecule has 29 heavy (non-hydrogen) atoms. The molecule has 2 rings (SSSR count). The summed E-state index contributed by atoms with van der Waals surface area (Å²) in [7, 11) is 0. The Bertz CT molecular complexity index is 770. The third-order valence-electron chi connectivity index (χ3n) is 3.79. The molecule has 0 radical (unpaired) electrons. The third kappa shape index (κ3) is 9.82. The van der Waals surface area contributed by atoms with Crippen LogP contribution >= 0.6 is 24.0 Å². The second-order valence-corrected chi connectivity index (χ2v) is 6.25. The number of ether oxygens (including phenoxy) is 1. The molecular formula is C20H26F3IN4O. The van der Waals surface area contributed by atoms with Crippen molar-refractivity contribution < 1.29 is 17.9 Å². The minimum Gasteiger partial charge on any atom is -0.484 e. The van der Waals surface area contributed by atoms with E-state index >= 15 is 0 Å². The summed E-state index contributed by atoms with van der Waals surface area (Å²) in [5.41, 5.74) is 2.53. The lowest BCUT2D eigenvalue weighted by Gasteiger charge is -2.14. The van der Waals surface area contributed by atoms with E-state index in [2.05, 4.69) is 20.6 Å². The molecule has 5 nitrogen and oxygen atoms in total. The van der Waals surface area contributed by atoms with Crippen LogP contribution in [0.15, 0.2) is 47.7 Å². The van der Waals surface area contributed by atoms with E-state index in [1.54, 1.807) is 25.3 Å². The van der Waals surface area contributed by atoms with Crippen molar-refractivity contribution in [2.24, 2.45) is 4.99 Å². The number of benzene rings is 1. The molecule has 0 amide bonds. The molecular weight excluding hydrogens is 496 g/mol. The third-order valence-corrected chi connectivity index (χ3v) is 3.79. The lowest BCUT2D eigenvalue weighted by molar-refractivity contribution is -0.153. The maximum absolute atomic E-state index is 12.5. The minimum absolute atomic E-state index is 0. The molecule has 0 bridgehead atoms. The van der Waals surface area contributed by atoms with Crippen molar-refractivity contribution in [1.82, 2.24) is 15.6 Å². The molecule has 160 valence electrons. The summed E-state index contributed by atoms with van der Waals surface area (Å²) < 4.78 is 42.4. The monoisotopic (exact) mass is 522 g/mol. The predicted molar refractivity (Wildman–Crippen MR) is 119 cm³/mol. The highest BCUT2D eigenvalue weighted by Gasteiger charge is 2.28. The number of hydrogen-bond donors (Lipinski definition) is 2. The van der Waals surface area contributed by atoms with Gasteiger partial charge in [0.25, 0.3) is 0 Å². The largest absolute Gasteiger partial charge is 0.484 e. The van der Waals surface area contributed by atoms with Crippen LogP contribution in [0, 0.1) is 6.92 Å². The Morgan fingerprint density at radius 3 is 2.66 bits per heavy atom. The second-order valence-electron chi connectivity index (χ2n) is 6.25. The zero-order chi connectivity index (χ0) is 20.4. The molecule has 1 aromatic carbocycles. The Balaban J connectivity index is 0.00000420. The highest BCUT2D eigenvalue weighted by atomic mass is 127. The van der Waals surface area contributed by atoms with Crippen LogP contribution in [0.25, 0.3) is 0 Å². The van der Waals surface area contributed by atoms with Crippen molar-refractivity contribution in [2.45, 2.75) is 33.0 Å². The molecule has 2 N–H and O–H groups in total. The van der Waals surface area contributed by atoms with E-state index in [-0.39, 0.29) is 36.3 Å². The van der Waals surface area contributed by atoms with Gasteiger partial charge < -0.3 is 15.4 Å². The molecule has 0 atom stereocenters. The van der Waals surface area contributed by atoms with E-state index in [0.717, 1.165) is 17.5 Å². The van der Waals surface area contributed by atoms with E-state index in [1.165, 1.54) is 0 Å². The van der Waals surface area contributed by atoms with E-state index in [9.17, 15) is 13.2 Å². The van der Waals surface area contributed by atoms with Gasteiger partial charge in [-0.25, -0.2) is 4.99 Å². The van der Waals surface area contributed by atoms with Gasteiger partial charge in [0.05, 0.1) is 6.54 Å². The maximum atomic E-state index is 12.5. The highest BCUT2D eigenvalue weighted by molar-refractivity contribution is 14.0. The molecule has 9 heteroatoms. The van der Waals surface area contributed by atoms with E-state index < -0.39 is 12.8 Å². The minimum atomic E-state index is -4.38. The summed E-state index contributed by atoms with van der Waals surface area (Å²) in [5, 5.41) is 6.35. The average molecular weight is 522 g/mol. The molecule has 0 unspecified atom stereocenters. The van der Waals surface area contributed by atoms with Gasteiger partial charge >= 0.3 is 6.18 Å². The van der Waals surface area contributed by atoms with Gasteiger partial charge in [-0.1, -0.05) is 18.2 Å². The normalized spacial score (nSPS) is 11.6. The first-order valence-corrected chi connectivity index (χ1v) is 9.07. The number of nitrogens with zero attached hydrogens (tertiary/aromatic N) is 2. The lowest BCUT2D eigenvalue weighted by Crippen LogP contribution is -2.38. The van der Waals surface area contributed by atoms with Gasteiger partial charge in [0.2, 0.25) is 0 Å². The SMILES string of the molecule is CCNC(=NCc1ccc(C)cc1OCC(F)(F)F)NCCc1cccnc1.I. The van der Waals surface area contributed by atoms with Crippen LogP contribution < -0.4 is 15.4 Å². The van der Waals surface area contributed by atoms with Crippen molar-refractivity contribution in [3.63, 3.8) is 0 Å². The average Bonchev–Trinajstić information content (AvgIpc) is 2.65. The van der Waals surface area contributed by atoms with Gasteiger partial charge in [0.15, 0.2) is 12.6 Å². The van der Waals surface area contributed by atoms with Crippen LogP contribution in [0.4, 0.5) is 13.2 Å². The Labute approximate surface area is 186 Å². The summed E-state index contributed by atoms with van der Waals surface area (Å²) in [6.45, 7) is 3.96. The molecule has 0 aliphatic carbocycles. The van der Waals surface area contributed by atoms with Crippen LogP contribution in [-0.4, -0.2) is 36.8 Å². The number of aliphatic imine (C=N–C) groups is 1. The number of aromatic nitrogens is 1. The Morgan fingerprint density at radius 2 is 2.00 bits per heavy atom. The fraction of sp³-hybridized carbons (Fsp3) is 0.400. The molecule has 1 heterocycles. The number of guanidine groups is 1. The number of nitrogens with one attached hydrogen (secondary N) is 2. The van der Waals surface area contributed by atoms with Crippen LogP contribution in [0.2, 0.25) is 0 Å². The van der Waals surface area contributed by atoms with Gasteiger partial charge in [0, 0.05) is 31.0 Å². The molecule has 2 aromatic rings. The smallest absolute Gasteiger partial charge is 0.422 e. The van der Waals surface area contributed by atoms with Crippen molar-refractivity contribution in [3.05, 3.63) is 59.4 Å². The van der Waals surface area contributed by atoms with E-state index in [4.69, 9.17) is 4.74 Å². The first-order valence-electron chi connectivity index (χ1n) is 9.07. The quantitative estimate of drug-likeness (QED) is 0.310.